The Kier molecular flexibility index (Phi) is 6.84. The number of alkyl halides is 3. The maximum atomic E-state index is 13.3. The first-order chi connectivity index (χ1) is 15.7. The normalized spacial score (nSPS) is 15.0. The summed E-state index contributed by atoms with van der Waals surface area (Å²) in [4.78, 5) is 27.2. The molecule has 0 bridgehead atoms. The Labute approximate surface area is 197 Å². The van der Waals surface area contributed by atoms with E-state index in [0.29, 0.717) is 34.6 Å². The number of rotatable bonds is 5. The summed E-state index contributed by atoms with van der Waals surface area (Å²) in [5.41, 5.74) is -0.117. The van der Waals surface area contributed by atoms with Crippen molar-refractivity contribution in [2.45, 2.75) is 48.6 Å². The zero-order chi connectivity index (χ0) is 23.6. The molecule has 1 amide bonds. The Balaban J connectivity index is 1.55. The zero-order valence-corrected chi connectivity index (χ0v) is 19.5. The third kappa shape index (κ3) is 5.61. The largest absolute Gasteiger partial charge is 0.417 e. The van der Waals surface area contributed by atoms with Gasteiger partial charge in [0.2, 0.25) is 11.0 Å². The lowest BCUT2D eigenvalue weighted by atomic mass is 9.96. The van der Waals surface area contributed by atoms with Gasteiger partial charge in [-0.25, -0.2) is 9.97 Å². The van der Waals surface area contributed by atoms with Gasteiger partial charge in [0.05, 0.1) is 16.2 Å². The quantitative estimate of drug-likeness (QED) is 0.517. The van der Waals surface area contributed by atoms with E-state index in [1.807, 2.05) is 0 Å². The number of anilines is 2. The van der Waals surface area contributed by atoms with Crippen LogP contribution in [0.4, 0.5) is 24.1 Å². The summed E-state index contributed by atoms with van der Waals surface area (Å²) >= 11 is 2.30. The van der Waals surface area contributed by atoms with E-state index in [9.17, 15) is 18.0 Å². The number of nitrogens with one attached hydrogen (secondary N) is 1. The van der Waals surface area contributed by atoms with Gasteiger partial charge in [0.1, 0.15) is 11.6 Å². The second-order valence-corrected chi connectivity index (χ2v) is 9.46. The number of likely N-dealkylation sites (tertiary alicyclic amines) is 1. The minimum atomic E-state index is -4.50. The molecule has 7 nitrogen and oxygen atoms in total. The van der Waals surface area contributed by atoms with Crippen LogP contribution in [0.2, 0.25) is 0 Å². The van der Waals surface area contributed by atoms with Gasteiger partial charge in [-0.3, -0.25) is 9.78 Å². The monoisotopic (exact) mass is 494 g/mol. The fraction of sp³-hybridized carbons (Fsp3) is 0.381. The molecule has 1 fully saturated rings. The van der Waals surface area contributed by atoms with Gasteiger partial charge >= 0.3 is 6.18 Å². The van der Waals surface area contributed by atoms with Crippen LogP contribution in [0.15, 0.2) is 40.4 Å². The van der Waals surface area contributed by atoms with Gasteiger partial charge in [-0.1, -0.05) is 11.8 Å². The summed E-state index contributed by atoms with van der Waals surface area (Å²) in [5.74, 6) is 1.14. The van der Waals surface area contributed by atoms with Crippen molar-refractivity contribution >= 4 is 40.2 Å². The topological polar surface area (TPSA) is 83.9 Å². The number of aromatic nitrogens is 4. The van der Waals surface area contributed by atoms with Crippen molar-refractivity contribution in [1.29, 1.82) is 0 Å². The summed E-state index contributed by atoms with van der Waals surface area (Å²) < 4.78 is 44.3. The Hall–Kier alpha value is -2.73. The smallest absolute Gasteiger partial charge is 0.343 e. The molecule has 1 N–H and O–H groups in total. The Morgan fingerprint density at radius 1 is 1.24 bits per heavy atom. The van der Waals surface area contributed by atoms with E-state index in [1.165, 1.54) is 0 Å². The summed E-state index contributed by atoms with van der Waals surface area (Å²) in [5, 5.41) is 3.49. The molecule has 0 saturated carbocycles. The molecule has 33 heavy (non-hydrogen) atoms. The first-order valence-corrected chi connectivity index (χ1v) is 11.8. The molecule has 4 heterocycles. The average Bonchev–Trinajstić information content (AvgIpc) is 3.24. The number of nitrogens with zero attached hydrogens (tertiary/aromatic N) is 5. The third-order valence-corrected chi connectivity index (χ3v) is 7.16. The molecule has 0 aromatic carbocycles. The van der Waals surface area contributed by atoms with Crippen molar-refractivity contribution < 1.29 is 18.0 Å². The van der Waals surface area contributed by atoms with Crippen molar-refractivity contribution in [1.82, 2.24) is 24.2 Å². The third-order valence-electron chi connectivity index (χ3n) is 5.33. The maximum absolute atomic E-state index is 13.3. The summed E-state index contributed by atoms with van der Waals surface area (Å²) in [6.07, 6.45) is -0.519. The van der Waals surface area contributed by atoms with Gasteiger partial charge in [-0.15, -0.1) is 0 Å². The van der Waals surface area contributed by atoms with Gasteiger partial charge in [0, 0.05) is 54.8 Å². The summed E-state index contributed by atoms with van der Waals surface area (Å²) in [6, 6.07) is 4.61. The highest BCUT2D eigenvalue weighted by atomic mass is 32.2. The number of amides is 1. The molecule has 0 atom stereocenters. The highest BCUT2D eigenvalue weighted by Crippen LogP contribution is 2.39. The van der Waals surface area contributed by atoms with Crippen molar-refractivity contribution in [3.8, 4) is 0 Å². The molecule has 0 unspecified atom stereocenters. The number of halogens is 3. The number of hydrogen-bond acceptors (Lipinski definition) is 8. The molecule has 1 aliphatic rings. The number of pyridine rings is 2. The van der Waals surface area contributed by atoms with Crippen molar-refractivity contribution in [3.05, 3.63) is 47.7 Å². The van der Waals surface area contributed by atoms with E-state index in [2.05, 4.69) is 24.6 Å². The van der Waals surface area contributed by atoms with Crippen LogP contribution in [0.25, 0.3) is 0 Å². The van der Waals surface area contributed by atoms with Gasteiger partial charge in [0.25, 0.3) is 0 Å². The molecule has 0 spiro atoms. The van der Waals surface area contributed by atoms with Crippen LogP contribution in [-0.4, -0.2) is 43.2 Å². The average molecular weight is 495 g/mol. The molecule has 174 valence electrons. The van der Waals surface area contributed by atoms with Crippen LogP contribution in [0.3, 0.4) is 0 Å². The molecule has 3 aromatic rings. The molecular formula is C21H21F3N6OS2. The molecule has 1 aliphatic heterocycles. The van der Waals surface area contributed by atoms with Gasteiger partial charge in [0.15, 0.2) is 0 Å². The van der Waals surface area contributed by atoms with Crippen molar-refractivity contribution in [2.75, 3.05) is 18.4 Å². The van der Waals surface area contributed by atoms with Crippen LogP contribution in [0, 0.1) is 6.92 Å². The van der Waals surface area contributed by atoms with E-state index in [-0.39, 0.29) is 17.6 Å². The number of hydrogen-bond donors (Lipinski definition) is 1. The minimum absolute atomic E-state index is 0.0595. The first-order valence-electron chi connectivity index (χ1n) is 10.2. The standard InChI is InChI=1S/C21H21F3N6OS2/c1-12-16(4-3-7-25-12)32-17-10-15(21(22,23)24)11-26-19(17)28-20-27-18(29-33-20)14-5-8-30(9-6-14)13(2)31/h3-4,7,10-11,14H,5-6,8-9H2,1-2H3,(H,26,27,28,29). The van der Waals surface area contributed by atoms with Crippen molar-refractivity contribution in [2.24, 2.45) is 0 Å². The lowest BCUT2D eigenvalue weighted by molar-refractivity contribution is -0.138. The van der Waals surface area contributed by atoms with Crippen molar-refractivity contribution in [3.63, 3.8) is 0 Å². The Bertz CT molecular complexity index is 1150. The summed E-state index contributed by atoms with van der Waals surface area (Å²) in [7, 11) is 0. The molecule has 3 aromatic heterocycles. The lowest BCUT2D eigenvalue weighted by Crippen LogP contribution is -2.36. The highest BCUT2D eigenvalue weighted by Gasteiger charge is 2.32. The summed E-state index contributed by atoms with van der Waals surface area (Å²) in [6.45, 7) is 4.68. The molecule has 0 aliphatic carbocycles. The zero-order valence-electron chi connectivity index (χ0n) is 17.9. The molecule has 12 heteroatoms. The van der Waals surface area contributed by atoms with Crippen LogP contribution in [-0.2, 0) is 11.0 Å². The van der Waals surface area contributed by atoms with Crippen LogP contribution in [0.1, 0.15) is 42.8 Å². The molecule has 4 rings (SSSR count). The SMILES string of the molecule is CC(=O)N1CCC(c2nsc(Nc3ncc(C(F)(F)F)cc3Sc3cccnc3C)n2)CC1. The van der Waals surface area contributed by atoms with Crippen LogP contribution < -0.4 is 5.32 Å². The number of aryl methyl sites for hydroxylation is 1. The predicted molar refractivity (Wildman–Crippen MR) is 120 cm³/mol. The first kappa shape index (κ1) is 23.4. The highest BCUT2D eigenvalue weighted by molar-refractivity contribution is 7.99. The second kappa shape index (κ2) is 9.64. The Morgan fingerprint density at radius 3 is 2.67 bits per heavy atom. The van der Waals surface area contributed by atoms with E-state index >= 15 is 0 Å². The number of carbonyl (C=O) groups is 1. The number of piperidine rings is 1. The molecule has 1 saturated heterocycles. The predicted octanol–water partition coefficient (Wildman–Crippen LogP) is 5.28. The van der Waals surface area contributed by atoms with Crippen LogP contribution >= 0.6 is 23.3 Å². The van der Waals surface area contributed by atoms with E-state index in [4.69, 9.17) is 0 Å². The second-order valence-electron chi connectivity index (χ2n) is 7.62. The molecule has 0 radical (unpaired) electrons. The fourth-order valence-corrected chi connectivity index (χ4v) is 5.09. The van der Waals surface area contributed by atoms with Gasteiger partial charge in [-0.05, 0) is 38.0 Å². The fourth-order valence-electron chi connectivity index (χ4n) is 3.47. The van der Waals surface area contributed by atoms with Crippen LogP contribution in [0.5, 0.6) is 0 Å². The lowest BCUT2D eigenvalue weighted by Gasteiger charge is -2.29. The van der Waals surface area contributed by atoms with Gasteiger partial charge in [-0.2, -0.15) is 17.5 Å². The number of carbonyl (C=O) groups excluding carboxylic acids is 1. The minimum Gasteiger partial charge on any atom is -0.343 e. The maximum Gasteiger partial charge on any atom is 0.417 e. The van der Waals surface area contributed by atoms with E-state index in [1.54, 1.807) is 37.1 Å². The molecular weight excluding hydrogens is 473 g/mol. The Morgan fingerprint density at radius 2 is 2.00 bits per heavy atom. The van der Waals surface area contributed by atoms with Gasteiger partial charge < -0.3 is 10.2 Å². The van der Waals surface area contributed by atoms with E-state index in [0.717, 1.165) is 53.3 Å². The van der Waals surface area contributed by atoms with E-state index < -0.39 is 11.7 Å².